The molecule has 0 aliphatic carbocycles. The van der Waals surface area contributed by atoms with Crippen molar-refractivity contribution in [2.24, 2.45) is 0 Å². The number of para-hydroxylation sites is 1. The van der Waals surface area contributed by atoms with Gasteiger partial charge in [-0.25, -0.2) is 0 Å². The molecule has 1 aromatic heterocycles. The Morgan fingerprint density at radius 2 is 1.93 bits per heavy atom. The predicted molar refractivity (Wildman–Crippen MR) is 111 cm³/mol. The molecule has 0 spiro atoms. The molecule has 4 rings (SSSR count). The van der Waals surface area contributed by atoms with Crippen molar-refractivity contribution in [1.29, 1.82) is 0 Å². The number of amides is 1. The minimum Gasteiger partial charge on any atom is -0.492 e. The van der Waals surface area contributed by atoms with Crippen LogP contribution in [0.15, 0.2) is 54.7 Å². The van der Waals surface area contributed by atoms with Crippen LogP contribution >= 0.6 is 0 Å². The van der Waals surface area contributed by atoms with Crippen molar-refractivity contribution in [2.45, 2.75) is 6.54 Å². The summed E-state index contributed by atoms with van der Waals surface area (Å²) in [7, 11) is 0. The van der Waals surface area contributed by atoms with Gasteiger partial charge in [-0.2, -0.15) is 5.10 Å². The fourth-order valence-electron chi connectivity index (χ4n) is 3.36. The summed E-state index contributed by atoms with van der Waals surface area (Å²) in [4.78, 5) is 14.8. The first-order valence-electron chi connectivity index (χ1n) is 10.0. The Morgan fingerprint density at radius 1 is 1.10 bits per heavy atom. The first-order valence-corrected chi connectivity index (χ1v) is 10.0. The Balaban J connectivity index is 1.29. The quantitative estimate of drug-likeness (QED) is 0.634. The van der Waals surface area contributed by atoms with Crippen molar-refractivity contribution >= 4 is 16.8 Å². The van der Waals surface area contributed by atoms with Crippen LogP contribution in [0.5, 0.6) is 5.75 Å². The van der Waals surface area contributed by atoms with Crippen molar-refractivity contribution in [1.82, 2.24) is 20.0 Å². The highest BCUT2D eigenvalue weighted by atomic mass is 16.5. The fourth-order valence-corrected chi connectivity index (χ4v) is 3.36. The summed E-state index contributed by atoms with van der Waals surface area (Å²) in [6.07, 6.45) is 1.95. The molecule has 1 N–H and O–H groups in total. The Morgan fingerprint density at radius 3 is 2.76 bits per heavy atom. The van der Waals surface area contributed by atoms with Gasteiger partial charge in [0.25, 0.3) is 5.91 Å². The molecule has 152 valence electrons. The number of fused-ring (bicyclic) bond motifs is 1. The molecule has 1 aliphatic rings. The van der Waals surface area contributed by atoms with Gasteiger partial charge in [-0.3, -0.25) is 14.4 Å². The van der Waals surface area contributed by atoms with Crippen LogP contribution in [0.4, 0.5) is 0 Å². The maximum absolute atomic E-state index is 12.5. The van der Waals surface area contributed by atoms with Crippen molar-refractivity contribution < 1.29 is 14.3 Å². The van der Waals surface area contributed by atoms with Crippen LogP contribution in [-0.4, -0.2) is 66.6 Å². The van der Waals surface area contributed by atoms with Gasteiger partial charge in [0.1, 0.15) is 12.4 Å². The third-order valence-corrected chi connectivity index (χ3v) is 4.96. The Kier molecular flexibility index (Phi) is 6.38. The lowest BCUT2D eigenvalue weighted by Crippen LogP contribution is -2.41. The maximum atomic E-state index is 12.5. The Bertz CT molecular complexity index is 936. The number of nitrogens with one attached hydrogen (secondary N) is 1. The van der Waals surface area contributed by atoms with E-state index in [9.17, 15) is 4.79 Å². The number of hydrogen-bond donors (Lipinski definition) is 1. The molecule has 0 radical (unpaired) electrons. The smallest absolute Gasteiger partial charge is 0.251 e. The summed E-state index contributed by atoms with van der Waals surface area (Å²) >= 11 is 0. The lowest BCUT2D eigenvalue weighted by molar-refractivity contribution is 0.0383. The number of hydrogen-bond acceptors (Lipinski definition) is 5. The summed E-state index contributed by atoms with van der Waals surface area (Å²) < 4.78 is 12.9. The van der Waals surface area contributed by atoms with Gasteiger partial charge in [0.2, 0.25) is 0 Å². The van der Waals surface area contributed by atoms with Crippen molar-refractivity contribution in [3.8, 4) is 5.75 Å². The molecule has 1 fully saturated rings. The average Bonchev–Trinajstić information content (AvgIpc) is 3.17. The molecule has 3 aromatic rings. The highest BCUT2D eigenvalue weighted by molar-refractivity contribution is 5.97. The number of morpholine rings is 1. The van der Waals surface area contributed by atoms with Crippen LogP contribution in [0.1, 0.15) is 10.4 Å². The van der Waals surface area contributed by atoms with E-state index >= 15 is 0 Å². The molecule has 0 unspecified atom stereocenters. The molecular weight excluding hydrogens is 368 g/mol. The molecular formula is C22H26N4O3. The van der Waals surface area contributed by atoms with Crippen molar-refractivity contribution in [2.75, 3.05) is 46.0 Å². The van der Waals surface area contributed by atoms with Gasteiger partial charge in [0.05, 0.1) is 25.3 Å². The summed E-state index contributed by atoms with van der Waals surface area (Å²) in [6.45, 7) is 6.04. The van der Waals surface area contributed by atoms with Gasteiger partial charge in [-0.1, -0.05) is 18.2 Å². The first kappa shape index (κ1) is 19.4. The third kappa shape index (κ3) is 5.34. The number of nitrogens with zero attached hydrogens (tertiary/aromatic N) is 3. The van der Waals surface area contributed by atoms with Crippen molar-refractivity contribution in [3.05, 3.63) is 60.3 Å². The second-order valence-electron chi connectivity index (χ2n) is 7.04. The molecule has 1 saturated heterocycles. The number of benzene rings is 2. The van der Waals surface area contributed by atoms with Gasteiger partial charge >= 0.3 is 0 Å². The largest absolute Gasteiger partial charge is 0.492 e. The van der Waals surface area contributed by atoms with Crippen LogP contribution in [0, 0.1) is 0 Å². The van der Waals surface area contributed by atoms with Crippen LogP contribution in [0.2, 0.25) is 0 Å². The van der Waals surface area contributed by atoms with Gasteiger partial charge in [-0.15, -0.1) is 0 Å². The summed E-state index contributed by atoms with van der Waals surface area (Å²) in [5.41, 5.74) is 1.52. The van der Waals surface area contributed by atoms with E-state index in [2.05, 4.69) is 15.3 Å². The number of carbonyl (C=O) groups is 1. The van der Waals surface area contributed by atoms with E-state index in [1.165, 1.54) is 0 Å². The van der Waals surface area contributed by atoms with Crippen LogP contribution in [0.25, 0.3) is 10.9 Å². The minimum absolute atomic E-state index is 0.0553. The van der Waals surface area contributed by atoms with Gasteiger partial charge < -0.3 is 14.8 Å². The van der Waals surface area contributed by atoms with E-state index in [0.29, 0.717) is 25.3 Å². The fraction of sp³-hybridized carbons (Fsp3) is 0.364. The predicted octanol–water partition coefficient (Wildman–Crippen LogP) is 2.18. The monoisotopic (exact) mass is 394 g/mol. The molecule has 0 bridgehead atoms. The van der Waals surface area contributed by atoms with Gasteiger partial charge in [0, 0.05) is 43.3 Å². The van der Waals surface area contributed by atoms with Gasteiger partial charge in [-0.05, 0) is 30.3 Å². The molecule has 7 nitrogen and oxygen atoms in total. The molecule has 2 aromatic carbocycles. The molecule has 1 amide bonds. The average molecular weight is 394 g/mol. The lowest BCUT2D eigenvalue weighted by Gasteiger charge is -2.26. The van der Waals surface area contributed by atoms with Crippen LogP contribution in [0.3, 0.4) is 0 Å². The maximum Gasteiger partial charge on any atom is 0.251 e. The zero-order valence-electron chi connectivity index (χ0n) is 16.4. The van der Waals surface area contributed by atoms with Crippen molar-refractivity contribution in [3.63, 3.8) is 0 Å². The highest BCUT2D eigenvalue weighted by Crippen LogP contribution is 2.15. The summed E-state index contributed by atoms with van der Waals surface area (Å²) in [6, 6.07) is 15.3. The topological polar surface area (TPSA) is 68.6 Å². The summed E-state index contributed by atoms with van der Waals surface area (Å²) in [5, 5.41) is 8.51. The Labute approximate surface area is 170 Å². The first-order chi connectivity index (χ1) is 14.3. The van der Waals surface area contributed by atoms with Crippen LogP contribution in [-0.2, 0) is 11.3 Å². The van der Waals surface area contributed by atoms with E-state index in [0.717, 1.165) is 49.5 Å². The molecule has 7 heteroatoms. The van der Waals surface area contributed by atoms with E-state index in [4.69, 9.17) is 9.47 Å². The second kappa shape index (κ2) is 9.54. The van der Waals surface area contributed by atoms with E-state index in [1.54, 1.807) is 0 Å². The number of carbonyl (C=O) groups excluding carboxylic acids is 1. The zero-order valence-corrected chi connectivity index (χ0v) is 16.4. The third-order valence-electron chi connectivity index (χ3n) is 4.96. The minimum atomic E-state index is -0.0553. The normalized spacial score (nSPS) is 14.8. The zero-order chi connectivity index (χ0) is 19.9. The highest BCUT2D eigenvalue weighted by Gasteiger charge is 2.12. The number of aromatic nitrogens is 2. The van der Waals surface area contributed by atoms with Crippen LogP contribution < -0.4 is 10.1 Å². The SMILES string of the molecule is O=C(NCCN1CCOCC1)c1ccc2nn(CCOc3ccccc3)cc2c1. The second-order valence-corrected chi connectivity index (χ2v) is 7.04. The van der Waals surface area contributed by atoms with E-state index < -0.39 is 0 Å². The number of ether oxygens (including phenoxy) is 2. The molecule has 29 heavy (non-hydrogen) atoms. The van der Waals surface area contributed by atoms with E-state index in [-0.39, 0.29) is 5.91 Å². The Hall–Kier alpha value is -2.90. The van der Waals surface area contributed by atoms with E-state index in [1.807, 2.05) is 59.4 Å². The molecule has 1 aliphatic heterocycles. The lowest BCUT2D eigenvalue weighted by atomic mass is 10.1. The van der Waals surface area contributed by atoms with Gasteiger partial charge in [0.15, 0.2) is 0 Å². The summed E-state index contributed by atoms with van der Waals surface area (Å²) in [5.74, 6) is 0.792. The molecule has 0 atom stereocenters. The molecule has 0 saturated carbocycles. The molecule has 2 heterocycles. The standard InChI is InChI=1S/C22H26N4O3/c27-22(23-8-9-25-10-13-28-14-11-25)18-6-7-21-19(16-18)17-26(24-21)12-15-29-20-4-2-1-3-5-20/h1-7,16-17H,8-15H2,(H,23,27). The number of rotatable bonds is 8.